The van der Waals surface area contributed by atoms with E-state index in [-0.39, 0.29) is 12.5 Å². The van der Waals surface area contributed by atoms with Crippen molar-refractivity contribution in [2.75, 3.05) is 12.4 Å². The van der Waals surface area contributed by atoms with Gasteiger partial charge in [-0.2, -0.15) is 10.4 Å². The Hall–Kier alpha value is -2.33. The van der Waals surface area contributed by atoms with Gasteiger partial charge in [0, 0.05) is 30.0 Å². The number of hydrogen-bond acceptors (Lipinski definition) is 5. The fraction of sp³-hybridized carbons (Fsp3) is 0.250. The molecule has 2 aromatic heterocycles. The summed E-state index contributed by atoms with van der Waals surface area (Å²) in [6.45, 7) is 0.841. The molecule has 0 atom stereocenters. The molecular weight excluding hydrogens is 262 g/mol. The molecule has 2 N–H and O–H groups in total. The van der Waals surface area contributed by atoms with Gasteiger partial charge in [-0.15, -0.1) is 11.3 Å². The number of nitrogens with one attached hydrogen (secondary N) is 2. The van der Waals surface area contributed by atoms with Crippen molar-refractivity contribution in [1.29, 1.82) is 5.26 Å². The van der Waals surface area contributed by atoms with Crippen molar-refractivity contribution >= 4 is 22.9 Å². The van der Waals surface area contributed by atoms with Crippen LogP contribution >= 0.6 is 11.3 Å². The average Bonchev–Trinajstić information content (AvgIpc) is 3.05. The van der Waals surface area contributed by atoms with E-state index in [4.69, 9.17) is 5.26 Å². The van der Waals surface area contributed by atoms with Crippen LogP contribution in [0.5, 0.6) is 0 Å². The van der Waals surface area contributed by atoms with Gasteiger partial charge in [0.2, 0.25) is 5.91 Å². The lowest BCUT2D eigenvalue weighted by Crippen LogP contribution is -2.23. The number of nitriles is 1. The standard InChI is InChI=1S/C12H13N5OS/c1-14-12(18)7-17-6-10(4-16-17)15-5-11-2-9(3-13)8-19-11/h2,4,6,8,15H,5,7H2,1H3,(H,14,18). The molecule has 0 aliphatic rings. The predicted octanol–water partition coefficient (Wildman–Crippen LogP) is 1.17. The molecule has 2 aromatic rings. The molecule has 19 heavy (non-hydrogen) atoms. The molecule has 0 saturated heterocycles. The fourth-order valence-electron chi connectivity index (χ4n) is 1.49. The first-order valence-electron chi connectivity index (χ1n) is 5.65. The summed E-state index contributed by atoms with van der Waals surface area (Å²) in [7, 11) is 1.59. The quantitative estimate of drug-likeness (QED) is 0.858. The van der Waals surface area contributed by atoms with Gasteiger partial charge in [0.15, 0.2) is 0 Å². The second kappa shape index (κ2) is 6.02. The van der Waals surface area contributed by atoms with E-state index >= 15 is 0 Å². The monoisotopic (exact) mass is 275 g/mol. The van der Waals surface area contributed by atoms with Crippen molar-refractivity contribution in [3.05, 3.63) is 34.3 Å². The predicted molar refractivity (Wildman–Crippen MR) is 72.7 cm³/mol. The summed E-state index contributed by atoms with van der Waals surface area (Å²) in [5.41, 5.74) is 1.52. The van der Waals surface area contributed by atoms with Crippen molar-refractivity contribution in [3.8, 4) is 6.07 Å². The van der Waals surface area contributed by atoms with Gasteiger partial charge < -0.3 is 10.6 Å². The minimum atomic E-state index is -0.0911. The number of hydrogen-bond donors (Lipinski definition) is 2. The summed E-state index contributed by atoms with van der Waals surface area (Å²) < 4.78 is 1.57. The van der Waals surface area contributed by atoms with Gasteiger partial charge in [-0.1, -0.05) is 0 Å². The third kappa shape index (κ3) is 3.56. The molecule has 0 aliphatic heterocycles. The summed E-state index contributed by atoms with van der Waals surface area (Å²) in [5.74, 6) is -0.0911. The summed E-state index contributed by atoms with van der Waals surface area (Å²) in [4.78, 5) is 12.3. The number of anilines is 1. The lowest BCUT2D eigenvalue weighted by atomic mass is 10.3. The molecule has 0 unspecified atom stereocenters. The van der Waals surface area contributed by atoms with E-state index < -0.39 is 0 Å². The zero-order valence-corrected chi connectivity index (χ0v) is 11.2. The Morgan fingerprint density at radius 2 is 2.47 bits per heavy atom. The van der Waals surface area contributed by atoms with E-state index in [9.17, 15) is 4.79 Å². The van der Waals surface area contributed by atoms with E-state index in [0.29, 0.717) is 12.1 Å². The van der Waals surface area contributed by atoms with Gasteiger partial charge in [0.1, 0.15) is 12.6 Å². The highest BCUT2D eigenvalue weighted by molar-refractivity contribution is 7.10. The summed E-state index contributed by atoms with van der Waals surface area (Å²) in [6, 6.07) is 3.95. The van der Waals surface area contributed by atoms with Crippen LogP contribution in [0.15, 0.2) is 23.8 Å². The third-order valence-electron chi connectivity index (χ3n) is 2.47. The smallest absolute Gasteiger partial charge is 0.241 e. The second-order valence-electron chi connectivity index (χ2n) is 3.87. The van der Waals surface area contributed by atoms with E-state index in [1.807, 2.05) is 11.4 Å². The average molecular weight is 275 g/mol. The minimum absolute atomic E-state index is 0.0911. The van der Waals surface area contributed by atoms with Crippen LogP contribution in [-0.2, 0) is 17.9 Å². The van der Waals surface area contributed by atoms with Crippen LogP contribution in [0.4, 0.5) is 5.69 Å². The Bertz CT molecular complexity index is 610. The number of thiophene rings is 1. The molecular formula is C12H13N5OS. The minimum Gasteiger partial charge on any atom is -0.378 e. The number of carbonyl (C=O) groups excluding carboxylic acids is 1. The van der Waals surface area contributed by atoms with E-state index in [1.165, 1.54) is 11.3 Å². The number of nitrogens with zero attached hydrogens (tertiary/aromatic N) is 3. The molecule has 0 saturated carbocycles. The van der Waals surface area contributed by atoms with Crippen LogP contribution in [0, 0.1) is 11.3 Å². The van der Waals surface area contributed by atoms with Crippen LogP contribution in [0.1, 0.15) is 10.4 Å². The van der Waals surface area contributed by atoms with Gasteiger partial charge in [-0.05, 0) is 6.07 Å². The van der Waals surface area contributed by atoms with Gasteiger partial charge in [-0.3, -0.25) is 9.48 Å². The van der Waals surface area contributed by atoms with Crippen molar-refractivity contribution in [3.63, 3.8) is 0 Å². The van der Waals surface area contributed by atoms with Crippen LogP contribution in [-0.4, -0.2) is 22.7 Å². The van der Waals surface area contributed by atoms with Crippen molar-refractivity contribution in [2.24, 2.45) is 0 Å². The lowest BCUT2D eigenvalue weighted by Gasteiger charge is -2.01. The molecule has 0 aromatic carbocycles. The number of rotatable bonds is 5. The Labute approximate surface area is 114 Å². The zero-order chi connectivity index (χ0) is 13.7. The van der Waals surface area contributed by atoms with Gasteiger partial charge in [0.25, 0.3) is 0 Å². The van der Waals surface area contributed by atoms with E-state index in [2.05, 4.69) is 21.8 Å². The summed E-state index contributed by atoms with van der Waals surface area (Å²) >= 11 is 1.54. The highest BCUT2D eigenvalue weighted by atomic mass is 32.1. The molecule has 2 heterocycles. The molecule has 2 rings (SSSR count). The number of amides is 1. The largest absolute Gasteiger partial charge is 0.378 e. The zero-order valence-electron chi connectivity index (χ0n) is 10.4. The third-order valence-corrected chi connectivity index (χ3v) is 3.40. The second-order valence-corrected chi connectivity index (χ2v) is 4.86. The normalized spacial score (nSPS) is 9.89. The molecule has 0 fully saturated rings. The fourth-order valence-corrected chi connectivity index (χ4v) is 2.24. The SMILES string of the molecule is CNC(=O)Cn1cc(NCc2cc(C#N)cs2)cn1. The maximum absolute atomic E-state index is 11.2. The molecule has 6 nitrogen and oxygen atoms in total. The van der Waals surface area contributed by atoms with Gasteiger partial charge >= 0.3 is 0 Å². The highest BCUT2D eigenvalue weighted by Gasteiger charge is 2.03. The lowest BCUT2D eigenvalue weighted by molar-refractivity contribution is -0.121. The van der Waals surface area contributed by atoms with E-state index in [0.717, 1.165) is 10.6 Å². The van der Waals surface area contributed by atoms with Crippen LogP contribution in [0.2, 0.25) is 0 Å². The molecule has 0 radical (unpaired) electrons. The molecule has 98 valence electrons. The summed E-state index contributed by atoms with van der Waals surface area (Å²) in [5, 5.41) is 20.4. The van der Waals surface area contributed by atoms with Gasteiger partial charge in [0.05, 0.1) is 17.4 Å². The molecule has 1 amide bonds. The van der Waals surface area contributed by atoms with Crippen molar-refractivity contribution in [1.82, 2.24) is 15.1 Å². The maximum atomic E-state index is 11.2. The maximum Gasteiger partial charge on any atom is 0.241 e. The van der Waals surface area contributed by atoms with Crippen LogP contribution < -0.4 is 10.6 Å². The molecule has 0 spiro atoms. The number of aromatic nitrogens is 2. The van der Waals surface area contributed by atoms with Crippen molar-refractivity contribution < 1.29 is 4.79 Å². The highest BCUT2D eigenvalue weighted by Crippen LogP contribution is 2.15. The molecule has 0 aliphatic carbocycles. The Morgan fingerprint density at radius 1 is 1.63 bits per heavy atom. The van der Waals surface area contributed by atoms with Crippen LogP contribution in [0.25, 0.3) is 0 Å². The Balaban J connectivity index is 1.90. The first-order chi connectivity index (χ1) is 9.21. The number of likely N-dealkylation sites (N-methyl/N-ethyl adjacent to an activating group) is 1. The van der Waals surface area contributed by atoms with Crippen molar-refractivity contribution in [2.45, 2.75) is 13.1 Å². The van der Waals surface area contributed by atoms with Crippen LogP contribution in [0.3, 0.4) is 0 Å². The van der Waals surface area contributed by atoms with E-state index in [1.54, 1.807) is 24.1 Å². The molecule has 0 bridgehead atoms. The topological polar surface area (TPSA) is 82.7 Å². The Kier molecular flexibility index (Phi) is 4.15. The van der Waals surface area contributed by atoms with Gasteiger partial charge in [-0.25, -0.2) is 0 Å². The first kappa shape index (κ1) is 13.1. The Morgan fingerprint density at radius 3 is 3.16 bits per heavy atom. The summed E-state index contributed by atoms with van der Waals surface area (Å²) in [6.07, 6.45) is 3.44. The molecule has 7 heteroatoms. The first-order valence-corrected chi connectivity index (χ1v) is 6.53. The number of carbonyl (C=O) groups is 1.